The van der Waals surface area contributed by atoms with Crippen molar-refractivity contribution in [1.29, 1.82) is 0 Å². The molecule has 128 valence electrons. The Morgan fingerprint density at radius 1 is 1.24 bits per heavy atom. The molecular formula is C17H19N7O. The number of likely N-dealkylation sites (tertiary alicyclic amines) is 1. The maximum absolute atomic E-state index is 12.7. The number of aromatic nitrogens is 6. The van der Waals surface area contributed by atoms with Gasteiger partial charge in [0.1, 0.15) is 0 Å². The van der Waals surface area contributed by atoms with Crippen LogP contribution in [0, 0.1) is 0 Å². The fraction of sp³-hybridized carbons (Fsp3) is 0.353. The molecular weight excluding hydrogens is 318 g/mol. The molecule has 1 saturated heterocycles. The Balaban J connectivity index is 1.56. The Bertz CT molecular complexity index is 870. The van der Waals surface area contributed by atoms with E-state index in [0.717, 1.165) is 30.9 Å². The molecule has 25 heavy (non-hydrogen) atoms. The molecule has 0 N–H and O–H groups in total. The van der Waals surface area contributed by atoms with Crippen LogP contribution in [0.3, 0.4) is 0 Å². The van der Waals surface area contributed by atoms with Crippen LogP contribution in [0.2, 0.25) is 0 Å². The maximum Gasteiger partial charge on any atom is 0.257 e. The number of carbonyl (C=O) groups is 1. The molecule has 1 aliphatic rings. The van der Waals surface area contributed by atoms with Gasteiger partial charge in [0.2, 0.25) is 0 Å². The first-order chi connectivity index (χ1) is 12.2. The molecule has 1 aromatic carbocycles. The van der Waals surface area contributed by atoms with Crippen LogP contribution in [0.15, 0.2) is 42.7 Å². The van der Waals surface area contributed by atoms with E-state index >= 15 is 0 Å². The van der Waals surface area contributed by atoms with Crippen LogP contribution in [0.4, 0.5) is 0 Å². The zero-order chi connectivity index (χ0) is 17.2. The van der Waals surface area contributed by atoms with Gasteiger partial charge in [-0.2, -0.15) is 9.78 Å². The van der Waals surface area contributed by atoms with Crippen molar-refractivity contribution in [3.8, 4) is 5.69 Å². The van der Waals surface area contributed by atoms with Gasteiger partial charge in [0, 0.05) is 32.3 Å². The van der Waals surface area contributed by atoms with Crippen molar-refractivity contribution < 1.29 is 4.79 Å². The summed E-state index contributed by atoms with van der Waals surface area (Å²) >= 11 is 0. The average molecular weight is 337 g/mol. The molecule has 0 aliphatic carbocycles. The second-order valence-electron chi connectivity index (χ2n) is 6.28. The summed E-state index contributed by atoms with van der Waals surface area (Å²) in [6.07, 6.45) is 5.25. The lowest BCUT2D eigenvalue weighted by molar-refractivity contribution is 0.0703. The standard InChI is InChI=1S/C17H19N7O/c1-22-11-14(10-18-22)17(25)23-9-5-6-13(12-23)16-19-20-21-24(16)15-7-3-2-4-8-15/h2-4,7-8,10-11,13H,5-6,9,12H2,1H3. The zero-order valence-electron chi connectivity index (χ0n) is 14.0. The molecule has 8 heteroatoms. The third-order valence-electron chi connectivity index (χ3n) is 4.52. The number of amides is 1. The number of piperidine rings is 1. The van der Waals surface area contributed by atoms with Crippen LogP contribution < -0.4 is 0 Å². The van der Waals surface area contributed by atoms with Gasteiger partial charge in [-0.05, 0) is 35.4 Å². The highest BCUT2D eigenvalue weighted by Crippen LogP contribution is 2.27. The Labute approximate surface area is 145 Å². The lowest BCUT2D eigenvalue weighted by Crippen LogP contribution is -2.39. The summed E-state index contributed by atoms with van der Waals surface area (Å²) in [6, 6.07) is 9.82. The number of hydrogen-bond donors (Lipinski definition) is 0. The number of benzene rings is 1. The molecule has 0 saturated carbocycles. The van der Waals surface area contributed by atoms with E-state index in [-0.39, 0.29) is 11.8 Å². The van der Waals surface area contributed by atoms with E-state index in [1.165, 1.54) is 0 Å². The minimum atomic E-state index is 0.0107. The summed E-state index contributed by atoms with van der Waals surface area (Å²) in [6.45, 7) is 1.36. The molecule has 1 amide bonds. The Kier molecular flexibility index (Phi) is 4.01. The Morgan fingerprint density at radius 2 is 2.08 bits per heavy atom. The molecule has 4 rings (SSSR count). The molecule has 1 aliphatic heterocycles. The number of para-hydroxylation sites is 1. The number of hydrogen-bond acceptors (Lipinski definition) is 5. The van der Waals surface area contributed by atoms with Crippen molar-refractivity contribution >= 4 is 5.91 Å². The smallest absolute Gasteiger partial charge is 0.257 e. The number of nitrogens with zero attached hydrogens (tertiary/aromatic N) is 7. The van der Waals surface area contributed by atoms with Crippen LogP contribution >= 0.6 is 0 Å². The summed E-state index contributed by atoms with van der Waals surface area (Å²) in [7, 11) is 1.81. The Morgan fingerprint density at radius 3 is 2.84 bits per heavy atom. The van der Waals surface area contributed by atoms with Crippen molar-refractivity contribution in [2.45, 2.75) is 18.8 Å². The molecule has 1 fully saturated rings. The molecule has 2 aromatic heterocycles. The van der Waals surface area contributed by atoms with Crippen LogP contribution in [0.25, 0.3) is 5.69 Å². The predicted molar refractivity (Wildman–Crippen MR) is 90.2 cm³/mol. The van der Waals surface area contributed by atoms with E-state index in [9.17, 15) is 4.79 Å². The number of tetrazole rings is 1. The van der Waals surface area contributed by atoms with E-state index < -0.39 is 0 Å². The zero-order valence-corrected chi connectivity index (χ0v) is 14.0. The quantitative estimate of drug-likeness (QED) is 0.722. The fourth-order valence-corrected chi connectivity index (χ4v) is 3.29. The topological polar surface area (TPSA) is 81.7 Å². The summed E-state index contributed by atoms with van der Waals surface area (Å²) in [5, 5.41) is 16.3. The van der Waals surface area contributed by atoms with E-state index in [4.69, 9.17) is 0 Å². The Hall–Kier alpha value is -3.03. The first kappa shape index (κ1) is 15.5. The molecule has 3 aromatic rings. The minimum absolute atomic E-state index is 0.0107. The van der Waals surface area contributed by atoms with Gasteiger partial charge in [-0.3, -0.25) is 9.48 Å². The maximum atomic E-state index is 12.7. The monoisotopic (exact) mass is 337 g/mol. The minimum Gasteiger partial charge on any atom is -0.338 e. The highest BCUT2D eigenvalue weighted by Gasteiger charge is 2.29. The number of carbonyl (C=O) groups excluding carboxylic acids is 1. The van der Waals surface area contributed by atoms with Gasteiger partial charge in [0.25, 0.3) is 5.91 Å². The van der Waals surface area contributed by atoms with Gasteiger partial charge in [0.05, 0.1) is 17.4 Å². The van der Waals surface area contributed by atoms with Crippen molar-refractivity contribution in [2.24, 2.45) is 7.05 Å². The molecule has 0 radical (unpaired) electrons. The van der Waals surface area contributed by atoms with Gasteiger partial charge in [-0.1, -0.05) is 18.2 Å². The summed E-state index contributed by atoms with van der Waals surface area (Å²) in [5.74, 6) is 0.927. The third kappa shape index (κ3) is 3.02. The highest BCUT2D eigenvalue weighted by atomic mass is 16.2. The molecule has 1 unspecified atom stereocenters. The van der Waals surface area contributed by atoms with Gasteiger partial charge in [-0.15, -0.1) is 5.10 Å². The van der Waals surface area contributed by atoms with Crippen molar-refractivity contribution in [2.75, 3.05) is 13.1 Å². The average Bonchev–Trinajstić information content (AvgIpc) is 3.31. The lowest BCUT2D eigenvalue weighted by atomic mass is 9.96. The van der Waals surface area contributed by atoms with E-state index in [1.54, 1.807) is 21.8 Å². The third-order valence-corrected chi connectivity index (χ3v) is 4.52. The summed E-state index contributed by atoms with van der Waals surface area (Å²) in [5.41, 5.74) is 1.55. The number of rotatable bonds is 3. The molecule has 0 spiro atoms. The second kappa shape index (κ2) is 6.46. The van der Waals surface area contributed by atoms with Crippen molar-refractivity contribution in [3.63, 3.8) is 0 Å². The van der Waals surface area contributed by atoms with Gasteiger partial charge in [0.15, 0.2) is 5.82 Å². The van der Waals surface area contributed by atoms with E-state index in [2.05, 4.69) is 20.6 Å². The van der Waals surface area contributed by atoms with Crippen molar-refractivity contribution in [1.82, 2.24) is 34.9 Å². The second-order valence-corrected chi connectivity index (χ2v) is 6.28. The SMILES string of the molecule is Cn1cc(C(=O)N2CCCC(c3nnnn3-c3ccccc3)C2)cn1. The van der Waals surface area contributed by atoms with Gasteiger partial charge < -0.3 is 4.90 Å². The highest BCUT2D eigenvalue weighted by molar-refractivity contribution is 5.93. The van der Waals surface area contributed by atoms with Crippen LogP contribution in [-0.4, -0.2) is 53.9 Å². The molecule has 8 nitrogen and oxygen atoms in total. The van der Waals surface area contributed by atoms with Gasteiger partial charge >= 0.3 is 0 Å². The largest absolute Gasteiger partial charge is 0.338 e. The van der Waals surface area contributed by atoms with Crippen LogP contribution in [0.5, 0.6) is 0 Å². The fourth-order valence-electron chi connectivity index (χ4n) is 3.29. The first-order valence-corrected chi connectivity index (χ1v) is 8.34. The van der Waals surface area contributed by atoms with Crippen LogP contribution in [0.1, 0.15) is 34.9 Å². The molecule has 3 heterocycles. The predicted octanol–water partition coefficient (Wildman–Crippen LogP) is 1.42. The first-order valence-electron chi connectivity index (χ1n) is 8.34. The van der Waals surface area contributed by atoms with E-state index in [1.807, 2.05) is 42.3 Å². The number of aryl methyl sites for hydroxylation is 1. The normalized spacial score (nSPS) is 17.6. The summed E-state index contributed by atoms with van der Waals surface area (Å²) in [4.78, 5) is 14.6. The van der Waals surface area contributed by atoms with Crippen LogP contribution in [-0.2, 0) is 7.05 Å². The lowest BCUT2D eigenvalue weighted by Gasteiger charge is -2.31. The molecule has 1 atom stereocenters. The van der Waals surface area contributed by atoms with Gasteiger partial charge in [-0.25, -0.2) is 0 Å². The summed E-state index contributed by atoms with van der Waals surface area (Å²) < 4.78 is 3.41. The van der Waals surface area contributed by atoms with Crippen molar-refractivity contribution in [3.05, 3.63) is 54.1 Å². The van der Waals surface area contributed by atoms with E-state index in [0.29, 0.717) is 12.1 Å². The molecule has 0 bridgehead atoms.